The number of rotatable bonds is 3. The molecule has 1 aliphatic rings. The van der Waals surface area contributed by atoms with Crippen LogP contribution in [0.5, 0.6) is 0 Å². The first-order valence-corrected chi connectivity index (χ1v) is 6.76. The number of ketones is 1. The van der Waals surface area contributed by atoms with Crippen molar-refractivity contribution in [3.05, 3.63) is 33.8 Å². The van der Waals surface area contributed by atoms with Crippen LogP contribution < -0.4 is 5.32 Å². The number of Topliss-reactive ketones (excluding diaryl/α,β-unsaturated/α-hetero) is 1. The molecule has 7 nitrogen and oxygen atoms in total. The van der Waals surface area contributed by atoms with Crippen LogP contribution in [0.1, 0.15) is 5.56 Å². The minimum absolute atomic E-state index is 0.224. The number of fused-ring (bicyclic) bond motifs is 1. The summed E-state index contributed by atoms with van der Waals surface area (Å²) in [5.41, 5.74) is -0.151. The van der Waals surface area contributed by atoms with E-state index in [1.54, 1.807) is 18.2 Å². The van der Waals surface area contributed by atoms with Crippen molar-refractivity contribution < 1.29 is 28.7 Å². The van der Waals surface area contributed by atoms with Gasteiger partial charge in [0.2, 0.25) is 0 Å². The monoisotopic (exact) mass is 367 g/mol. The molecule has 0 spiro atoms. The van der Waals surface area contributed by atoms with Crippen LogP contribution in [0.3, 0.4) is 0 Å². The van der Waals surface area contributed by atoms with Crippen LogP contribution in [0.4, 0.5) is 5.69 Å². The molecule has 1 amide bonds. The second-order valence-electron chi connectivity index (χ2n) is 4.21. The van der Waals surface area contributed by atoms with Gasteiger partial charge in [0.05, 0.1) is 19.8 Å². The first-order valence-electron chi connectivity index (χ1n) is 5.97. The lowest BCUT2D eigenvalue weighted by Gasteiger charge is -2.07. The van der Waals surface area contributed by atoms with Crippen molar-refractivity contribution in [3.8, 4) is 0 Å². The van der Waals surface area contributed by atoms with Gasteiger partial charge in [0, 0.05) is 15.7 Å². The molecule has 8 heteroatoms. The van der Waals surface area contributed by atoms with Gasteiger partial charge in [-0.2, -0.15) is 0 Å². The molecule has 22 heavy (non-hydrogen) atoms. The van der Waals surface area contributed by atoms with E-state index in [1.807, 2.05) is 0 Å². The quantitative estimate of drug-likeness (QED) is 0.282. The van der Waals surface area contributed by atoms with Crippen LogP contribution in [0.2, 0.25) is 0 Å². The van der Waals surface area contributed by atoms with Crippen LogP contribution in [-0.4, -0.2) is 37.8 Å². The molecule has 2 rings (SSSR count). The van der Waals surface area contributed by atoms with Gasteiger partial charge >= 0.3 is 11.9 Å². The van der Waals surface area contributed by atoms with Gasteiger partial charge in [0.15, 0.2) is 0 Å². The van der Waals surface area contributed by atoms with E-state index in [0.717, 1.165) is 14.2 Å². The van der Waals surface area contributed by atoms with E-state index in [2.05, 4.69) is 30.7 Å². The molecule has 1 aromatic rings. The van der Waals surface area contributed by atoms with Gasteiger partial charge in [-0.05, 0) is 18.2 Å². The number of hydrogen-bond acceptors (Lipinski definition) is 6. The summed E-state index contributed by atoms with van der Waals surface area (Å²) in [6.07, 6.45) is 0. The van der Waals surface area contributed by atoms with Crippen LogP contribution in [-0.2, 0) is 28.7 Å². The zero-order valence-electron chi connectivity index (χ0n) is 11.6. The van der Waals surface area contributed by atoms with Crippen molar-refractivity contribution >= 4 is 50.8 Å². The molecule has 0 atom stereocenters. The first kappa shape index (κ1) is 15.9. The third-order valence-electron chi connectivity index (χ3n) is 2.96. The molecule has 1 N–H and O–H groups in total. The maximum atomic E-state index is 12.1. The summed E-state index contributed by atoms with van der Waals surface area (Å²) >= 11 is 3.24. The van der Waals surface area contributed by atoms with Gasteiger partial charge in [-0.3, -0.25) is 9.59 Å². The molecule has 0 saturated carbocycles. The summed E-state index contributed by atoms with van der Waals surface area (Å²) in [5, 5.41) is 2.52. The summed E-state index contributed by atoms with van der Waals surface area (Å²) in [6.45, 7) is 0. The largest absolute Gasteiger partial charge is 0.465 e. The molecule has 0 bridgehead atoms. The van der Waals surface area contributed by atoms with Gasteiger partial charge in [0.25, 0.3) is 11.7 Å². The van der Waals surface area contributed by atoms with Gasteiger partial charge < -0.3 is 14.8 Å². The smallest absolute Gasteiger partial charge is 0.379 e. The third kappa shape index (κ3) is 2.64. The highest BCUT2D eigenvalue weighted by atomic mass is 79.9. The topological polar surface area (TPSA) is 98.8 Å². The van der Waals surface area contributed by atoms with Crippen molar-refractivity contribution in [2.45, 2.75) is 0 Å². The van der Waals surface area contributed by atoms with E-state index in [9.17, 15) is 19.2 Å². The van der Waals surface area contributed by atoms with E-state index in [0.29, 0.717) is 15.7 Å². The average molecular weight is 368 g/mol. The van der Waals surface area contributed by atoms with Crippen LogP contribution >= 0.6 is 15.9 Å². The highest BCUT2D eigenvalue weighted by Gasteiger charge is 2.37. The number of amides is 1. The van der Waals surface area contributed by atoms with Gasteiger partial charge in [-0.25, -0.2) is 9.59 Å². The normalized spacial score (nSPS) is 14.8. The lowest BCUT2D eigenvalue weighted by Crippen LogP contribution is -2.26. The van der Waals surface area contributed by atoms with E-state index in [1.165, 1.54) is 0 Å². The maximum Gasteiger partial charge on any atom is 0.379 e. The Morgan fingerprint density at radius 1 is 1.09 bits per heavy atom. The molecule has 0 aromatic heterocycles. The fourth-order valence-corrected chi connectivity index (χ4v) is 2.35. The van der Waals surface area contributed by atoms with Gasteiger partial charge in [-0.15, -0.1) is 0 Å². The van der Waals surface area contributed by atoms with Crippen molar-refractivity contribution in [2.75, 3.05) is 19.5 Å². The first-order chi connectivity index (χ1) is 10.4. The Kier molecular flexibility index (Phi) is 4.41. The lowest BCUT2D eigenvalue weighted by molar-refractivity contribution is -0.151. The zero-order chi connectivity index (χ0) is 16.4. The Labute approximate surface area is 133 Å². The van der Waals surface area contributed by atoms with Crippen molar-refractivity contribution in [2.24, 2.45) is 0 Å². The zero-order valence-corrected chi connectivity index (χ0v) is 13.1. The number of benzene rings is 1. The molecule has 0 saturated heterocycles. The number of carbonyl (C=O) groups excluding carboxylic acids is 4. The average Bonchev–Trinajstić information content (AvgIpc) is 2.82. The number of methoxy groups -OCH3 is 2. The molecular weight excluding hydrogens is 358 g/mol. The minimum Gasteiger partial charge on any atom is -0.465 e. The van der Waals surface area contributed by atoms with Crippen LogP contribution in [0.25, 0.3) is 5.57 Å². The summed E-state index contributed by atoms with van der Waals surface area (Å²) in [5.74, 6) is -4.27. The summed E-state index contributed by atoms with van der Waals surface area (Å²) in [6, 6.07) is 4.83. The molecule has 0 fully saturated rings. The van der Waals surface area contributed by atoms with Crippen LogP contribution in [0.15, 0.2) is 28.2 Å². The Morgan fingerprint density at radius 3 is 2.32 bits per heavy atom. The Bertz CT molecular complexity index is 737. The number of ether oxygens (including phenoxy) is 2. The van der Waals surface area contributed by atoms with E-state index >= 15 is 0 Å². The van der Waals surface area contributed by atoms with Gasteiger partial charge in [-0.1, -0.05) is 15.9 Å². The number of esters is 2. The second-order valence-corrected chi connectivity index (χ2v) is 5.12. The number of nitrogens with one attached hydrogen (secondary N) is 1. The fourth-order valence-electron chi connectivity index (χ4n) is 1.99. The lowest BCUT2D eigenvalue weighted by atomic mass is 9.98. The van der Waals surface area contributed by atoms with Crippen LogP contribution in [0, 0.1) is 0 Å². The summed E-state index contributed by atoms with van der Waals surface area (Å²) < 4.78 is 9.47. The fraction of sp³-hybridized carbons (Fsp3) is 0.143. The second kappa shape index (κ2) is 6.10. The predicted octanol–water partition coefficient (Wildman–Crippen LogP) is 1.07. The van der Waals surface area contributed by atoms with E-state index < -0.39 is 29.2 Å². The molecule has 1 aromatic carbocycles. The Balaban J connectivity index is 2.73. The number of carbonyl (C=O) groups is 4. The molecule has 1 heterocycles. The molecule has 1 aliphatic heterocycles. The third-order valence-corrected chi connectivity index (χ3v) is 3.46. The molecule has 0 unspecified atom stereocenters. The number of halogens is 1. The van der Waals surface area contributed by atoms with Crippen molar-refractivity contribution in [1.29, 1.82) is 0 Å². The standard InChI is InChI=1S/C14H10BrNO6/c1-21-13(19)10(11(17)14(20)22-2)9-7-5-6(15)3-4-8(7)16-12(9)18/h3-5H,1-2H3,(H,16,18)/b10-9+. The summed E-state index contributed by atoms with van der Waals surface area (Å²) in [4.78, 5) is 47.6. The molecular formula is C14H10BrNO6. The highest BCUT2D eigenvalue weighted by Crippen LogP contribution is 2.36. The number of anilines is 1. The van der Waals surface area contributed by atoms with Crippen molar-refractivity contribution in [1.82, 2.24) is 0 Å². The van der Waals surface area contributed by atoms with Crippen molar-refractivity contribution in [3.63, 3.8) is 0 Å². The summed E-state index contributed by atoms with van der Waals surface area (Å²) in [7, 11) is 2.04. The van der Waals surface area contributed by atoms with E-state index in [4.69, 9.17) is 0 Å². The molecule has 114 valence electrons. The number of hydrogen-bond donors (Lipinski definition) is 1. The maximum absolute atomic E-state index is 12.1. The highest BCUT2D eigenvalue weighted by molar-refractivity contribution is 9.10. The SMILES string of the molecule is COC(=O)C(=O)/C(C(=O)OC)=C1\C(=O)Nc2ccc(Br)cc21. The van der Waals surface area contributed by atoms with E-state index in [-0.39, 0.29) is 5.57 Å². The minimum atomic E-state index is -1.26. The molecule has 0 aliphatic carbocycles. The molecule has 0 radical (unpaired) electrons. The van der Waals surface area contributed by atoms with Gasteiger partial charge in [0.1, 0.15) is 5.57 Å². The Morgan fingerprint density at radius 2 is 1.73 bits per heavy atom. The Hall–Kier alpha value is -2.48. The predicted molar refractivity (Wildman–Crippen MR) is 78.7 cm³/mol.